The second-order valence-electron chi connectivity index (χ2n) is 4.07. The van der Waals surface area contributed by atoms with Gasteiger partial charge in [0.05, 0.1) is 18.2 Å². The molecule has 106 valence electrons. The fraction of sp³-hybridized carbons (Fsp3) is 0.0714. The normalized spacial score (nSPS) is 9.67. The number of amides is 2. The van der Waals surface area contributed by atoms with E-state index in [0.29, 0.717) is 17.0 Å². The van der Waals surface area contributed by atoms with E-state index in [4.69, 9.17) is 14.8 Å². The van der Waals surface area contributed by atoms with Gasteiger partial charge in [-0.3, -0.25) is 0 Å². The lowest BCUT2D eigenvalue weighted by Crippen LogP contribution is -2.27. The second kappa shape index (κ2) is 6.25. The Morgan fingerprint density at radius 1 is 1.19 bits per heavy atom. The minimum atomic E-state index is -1.16. The largest absolute Gasteiger partial charge is 0.475 e. The predicted octanol–water partition coefficient (Wildman–Crippen LogP) is 2.17. The fourth-order valence-electron chi connectivity index (χ4n) is 1.56. The standard InChI is InChI=1S/C14H11N3O4/c15-7-9-1-3-10(4-2-9)17-14(20)16-8-11-5-6-12(21-11)13(18)19/h1-6H,8H2,(H,18,19)(H2,16,17,20). The van der Waals surface area contributed by atoms with Crippen LogP contribution in [-0.2, 0) is 6.54 Å². The van der Waals surface area contributed by atoms with Crippen molar-refractivity contribution in [1.82, 2.24) is 5.32 Å². The van der Waals surface area contributed by atoms with Gasteiger partial charge in [-0.05, 0) is 36.4 Å². The molecule has 0 bridgehead atoms. The Hall–Kier alpha value is -3.27. The van der Waals surface area contributed by atoms with Gasteiger partial charge >= 0.3 is 12.0 Å². The lowest BCUT2D eigenvalue weighted by Gasteiger charge is -2.06. The monoisotopic (exact) mass is 285 g/mol. The van der Waals surface area contributed by atoms with Crippen molar-refractivity contribution in [2.45, 2.75) is 6.54 Å². The number of nitrogens with one attached hydrogen (secondary N) is 2. The summed E-state index contributed by atoms with van der Waals surface area (Å²) in [6.07, 6.45) is 0. The molecule has 2 rings (SSSR count). The molecule has 0 aliphatic heterocycles. The highest BCUT2D eigenvalue weighted by Gasteiger charge is 2.09. The van der Waals surface area contributed by atoms with E-state index in [-0.39, 0.29) is 12.3 Å². The number of hydrogen-bond donors (Lipinski definition) is 3. The minimum Gasteiger partial charge on any atom is -0.475 e. The van der Waals surface area contributed by atoms with Gasteiger partial charge in [-0.2, -0.15) is 5.26 Å². The number of nitrogens with zero attached hydrogens (tertiary/aromatic N) is 1. The van der Waals surface area contributed by atoms with E-state index in [0.717, 1.165) is 0 Å². The fourth-order valence-corrected chi connectivity index (χ4v) is 1.56. The summed E-state index contributed by atoms with van der Waals surface area (Å²) in [5.74, 6) is -1.01. The third kappa shape index (κ3) is 3.84. The van der Waals surface area contributed by atoms with Crippen LogP contribution < -0.4 is 10.6 Å². The summed E-state index contributed by atoms with van der Waals surface area (Å²) in [6, 6.07) is 10.7. The van der Waals surface area contributed by atoms with Crippen molar-refractivity contribution in [3.05, 3.63) is 53.5 Å². The van der Waals surface area contributed by atoms with Crippen molar-refractivity contribution < 1.29 is 19.1 Å². The molecule has 1 aromatic heterocycles. The summed E-state index contributed by atoms with van der Waals surface area (Å²) in [5, 5.41) is 22.5. The first kappa shape index (κ1) is 14.1. The molecular weight excluding hydrogens is 274 g/mol. The summed E-state index contributed by atoms with van der Waals surface area (Å²) in [5.41, 5.74) is 1.04. The van der Waals surface area contributed by atoms with Crippen molar-refractivity contribution in [2.24, 2.45) is 0 Å². The molecule has 21 heavy (non-hydrogen) atoms. The van der Waals surface area contributed by atoms with Gasteiger partial charge in [-0.15, -0.1) is 0 Å². The molecule has 0 aliphatic carbocycles. The lowest BCUT2D eigenvalue weighted by molar-refractivity contribution is 0.0660. The van der Waals surface area contributed by atoms with Crippen LogP contribution >= 0.6 is 0 Å². The van der Waals surface area contributed by atoms with Crippen molar-refractivity contribution in [3.8, 4) is 6.07 Å². The number of carboxylic acid groups (broad SMARTS) is 1. The minimum absolute atomic E-state index is 0.0649. The highest BCUT2D eigenvalue weighted by Crippen LogP contribution is 2.09. The molecule has 2 amide bonds. The number of aromatic carboxylic acids is 1. The van der Waals surface area contributed by atoms with Crippen molar-refractivity contribution in [1.29, 1.82) is 5.26 Å². The maximum absolute atomic E-state index is 11.6. The SMILES string of the molecule is N#Cc1ccc(NC(=O)NCc2ccc(C(=O)O)o2)cc1. The van der Waals surface area contributed by atoms with Gasteiger partial charge in [-0.25, -0.2) is 9.59 Å². The summed E-state index contributed by atoms with van der Waals surface area (Å²) < 4.78 is 5.00. The molecule has 0 fully saturated rings. The van der Waals surface area contributed by atoms with Crippen LogP contribution in [0.1, 0.15) is 21.9 Å². The van der Waals surface area contributed by atoms with E-state index in [1.165, 1.54) is 12.1 Å². The number of hydrogen-bond acceptors (Lipinski definition) is 4. The number of rotatable bonds is 4. The first-order valence-electron chi connectivity index (χ1n) is 5.95. The molecule has 1 aromatic carbocycles. The first-order chi connectivity index (χ1) is 10.1. The zero-order valence-electron chi connectivity index (χ0n) is 10.8. The topological polar surface area (TPSA) is 115 Å². The quantitative estimate of drug-likeness (QED) is 0.796. The maximum atomic E-state index is 11.6. The molecule has 0 radical (unpaired) electrons. The molecule has 0 unspecified atom stereocenters. The van der Waals surface area contributed by atoms with Gasteiger partial charge in [-0.1, -0.05) is 0 Å². The predicted molar refractivity (Wildman–Crippen MR) is 72.7 cm³/mol. The molecule has 7 heteroatoms. The Morgan fingerprint density at radius 2 is 1.90 bits per heavy atom. The van der Waals surface area contributed by atoms with E-state index >= 15 is 0 Å². The van der Waals surface area contributed by atoms with E-state index in [1.54, 1.807) is 24.3 Å². The molecule has 7 nitrogen and oxygen atoms in total. The van der Waals surface area contributed by atoms with Crippen LogP contribution in [0, 0.1) is 11.3 Å². The van der Waals surface area contributed by atoms with Crippen LogP contribution in [0.2, 0.25) is 0 Å². The van der Waals surface area contributed by atoms with Gasteiger partial charge in [0.25, 0.3) is 0 Å². The Morgan fingerprint density at radius 3 is 2.48 bits per heavy atom. The zero-order valence-corrected chi connectivity index (χ0v) is 10.8. The average molecular weight is 285 g/mol. The molecule has 0 atom stereocenters. The van der Waals surface area contributed by atoms with Crippen LogP contribution in [0.15, 0.2) is 40.8 Å². The van der Waals surface area contributed by atoms with Gasteiger partial charge < -0.3 is 20.2 Å². The Kier molecular flexibility index (Phi) is 4.21. The first-order valence-corrected chi connectivity index (χ1v) is 5.95. The highest BCUT2D eigenvalue weighted by atomic mass is 16.4. The Labute approximate surface area is 119 Å². The number of carbonyl (C=O) groups is 2. The van der Waals surface area contributed by atoms with Crippen LogP contribution in [0.4, 0.5) is 10.5 Å². The summed E-state index contributed by atoms with van der Waals surface area (Å²) in [6.45, 7) is 0.0649. The molecule has 2 aromatic rings. The van der Waals surface area contributed by atoms with Crippen LogP contribution in [0.25, 0.3) is 0 Å². The lowest BCUT2D eigenvalue weighted by atomic mass is 10.2. The van der Waals surface area contributed by atoms with Gasteiger partial charge in [0.2, 0.25) is 5.76 Å². The summed E-state index contributed by atoms with van der Waals surface area (Å²) in [4.78, 5) is 22.3. The number of carbonyl (C=O) groups excluding carboxylic acids is 1. The van der Waals surface area contributed by atoms with Crippen molar-refractivity contribution in [2.75, 3.05) is 5.32 Å². The molecule has 0 aliphatic rings. The smallest absolute Gasteiger partial charge is 0.371 e. The Bertz CT molecular complexity index is 698. The molecule has 0 saturated heterocycles. The highest BCUT2D eigenvalue weighted by molar-refractivity contribution is 5.89. The summed E-state index contributed by atoms with van der Waals surface area (Å²) in [7, 11) is 0. The molecule has 0 spiro atoms. The average Bonchev–Trinajstić information content (AvgIpc) is 2.95. The number of nitriles is 1. The van der Waals surface area contributed by atoms with E-state index in [2.05, 4.69) is 10.6 Å². The number of urea groups is 1. The molecule has 3 N–H and O–H groups in total. The second-order valence-corrected chi connectivity index (χ2v) is 4.07. The van der Waals surface area contributed by atoms with Crippen LogP contribution in [0.3, 0.4) is 0 Å². The van der Waals surface area contributed by atoms with Gasteiger partial charge in [0, 0.05) is 5.69 Å². The van der Waals surface area contributed by atoms with Crippen LogP contribution in [0.5, 0.6) is 0 Å². The maximum Gasteiger partial charge on any atom is 0.371 e. The summed E-state index contributed by atoms with van der Waals surface area (Å²) >= 11 is 0. The van der Waals surface area contributed by atoms with Gasteiger partial charge in [0.15, 0.2) is 0 Å². The van der Waals surface area contributed by atoms with Crippen molar-refractivity contribution >= 4 is 17.7 Å². The number of benzene rings is 1. The third-order valence-electron chi connectivity index (χ3n) is 2.57. The van der Waals surface area contributed by atoms with Gasteiger partial charge in [0.1, 0.15) is 5.76 Å². The number of anilines is 1. The van der Waals surface area contributed by atoms with E-state index < -0.39 is 12.0 Å². The molecule has 1 heterocycles. The third-order valence-corrected chi connectivity index (χ3v) is 2.57. The van der Waals surface area contributed by atoms with E-state index in [9.17, 15) is 9.59 Å². The van der Waals surface area contributed by atoms with E-state index in [1.807, 2.05) is 6.07 Å². The van der Waals surface area contributed by atoms with Crippen LogP contribution in [-0.4, -0.2) is 17.1 Å². The Balaban J connectivity index is 1.86. The number of carboxylic acids is 1. The number of furan rings is 1. The zero-order chi connectivity index (χ0) is 15.2. The molecule has 0 saturated carbocycles. The molecular formula is C14H11N3O4. The van der Waals surface area contributed by atoms with Crippen molar-refractivity contribution in [3.63, 3.8) is 0 Å².